The van der Waals surface area contributed by atoms with Crippen molar-refractivity contribution >= 4 is 5.78 Å². The maximum Gasteiger partial charge on any atom is 0.163 e. The van der Waals surface area contributed by atoms with E-state index >= 15 is 0 Å². The Morgan fingerprint density at radius 3 is 2.65 bits per heavy atom. The van der Waals surface area contributed by atoms with Gasteiger partial charge in [-0.05, 0) is 24.3 Å². The first-order valence-electron chi connectivity index (χ1n) is 6.92. The molecular formula is C16H22O. The standard InChI is InChI=1S/C16H22O/c1-2-14-9-5-6-10-15(14)16(17)12-11-13-7-3-4-8-13/h5-6,9-10,13H,2-4,7-8,11-12H2,1H3. The van der Waals surface area contributed by atoms with Gasteiger partial charge in [-0.3, -0.25) is 4.79 Å². The zero-order valence-corrected chi connectivity index (χ0v) is 10.7. The summed E-state index contributed by atoms with van der Waals surface area (Å²) < 4.78 is 0. The normalized spacial score (nSPS) is 16.3. The summed E-state index contributed by atoms with van der Waals surface area (Å²) in [6.07, 6.45) is 8.18. The third-order valence-electron chi connectivity index (χ3n) is 3.95. The van der Waals surface area contributed by atoms with Crippen LogP contribution in [0.15, 0.2) is 24.3 Å². The Kier molecular flexibility index (Phi) is 4.36. The van der Waals surface area contributed by atoms with Crippen molar-refractivity contribution < 1.29 is 4.79 Å². The first kappa shape index (κ1) is 12.3. The van der Waals surface area contributed by atoms with Crippen LogP contribution in [0.25, 0.3) is 0 Å². The van der Waals surface area contributed by atoms with Crippen molar-refractivity contribution in [3.8, 4) is 0 Å². The highest BCUT2D eigenvalue weighted by Crippen LogP contribution is 2.29. The largest absolute Gasteiger partial charge is 0.294 e. The highest BCUT2D eigenvalue weighted by atomic mass is 16.1. The van der Waals surface area contributed by atoms with E-state index in [2.05, 4.69) is 13.0 Å². The summed E-state index contributed by atoms with van der Waals surface area (Å²) in [7, 11) is 0. The van der Waals surface area contributed by atoms with Crippen LogP contribution in [0.1, 0.15) is 61.4 Å². The molecule has 1 saturated carbocycles. The van der Waals surface area contributed by atoms with Gasteiger partial charge in [-0.2, -0.15) is 0 Å². The van der Waals surface area contributed by atoms with Gasteiger partial charge in [0, 0.05) is 12.0 Å². The number of aryl methyl sites for hydroxylation is 1. The van der Waals surface area contributed by atoms with Gasteiger partial charge in [-0.1, -0.05) is 56.9 Å². The second kappa shape index (κ2) is 6.00. The molecular weight excluding hydrogens is 208 g/mol. The Labute approximate surface area is 104 Å². The minimum absolute atomic E-state index is 0.342. The molecule has 0 aliphatic heterocycles. The SMILES string of the molecule is CCc1ccccc1C(=O)CCC1CCCC1. The van der Waals surface area contributed by atoms with E-state index in [1.165, 1.54) is 31.2 Å². The lowest BCUT2D eigenvalue weighted by Gasteiger charge is -2.09. The summed E-state index contributed by atoms with van der Waals surface area (Å²) in [5.41, 5.74) is 2.15. The zero-order valence-electron chi connectivity index (χ0n) is 10.7. The summed E-state index contributed by atoms with van der Waals surface area (Å²) in [6.45, 7) is 2.11. The first-order chi connectivity index (χ1) is 8.31. The topological polar surface area (TPSA) is 17.1 Å². The number of hydrogen-bond acceptors (Lipinski definition) is 1. The van der Waals surface area contributed by atoms with E-state index in [0.717, 1.165) is 30.7 Å². The number of ketones is 1. The molecule has 1 nitrogen and oxygen atoms in total. The summed E-state index contributed by atoms with van der Waals surface area (Å²) in [5, 5.41) is 0. The molecule has 0 saturated heterocycles. The molecule has 2 rings (SSSR count). The number of benzene rings is 1. The van der Waals surface area contributed by atoms with Crippen molar-refractivity contribution in [2.24, 2.45) is 5.92 Å². The average molecular weight is 230 g/mol. The molecule has 1 aliphatic carbocycles. The van der Waals surface area contributed by atoms with Crippen molar-refractivity contribution in [3.05, 3.63) is 35.4 Å². The van der Waals surface area contributed by atoms with Crippen molar-refractivity contribution in [1.29, 1.82) is 0 Å². The number of hydrogen-bond donors (Lipinski definition) is 0. The van der Waals surface area contributed by atoms with Gasteiger partial charge < -0.3 is 0 Å². The van der Waals surface area contributed by atoms with Crippen molar-refractivity contribution in [2.75, 3.05) is 0 Å². The molecule has 1 aromatic carbocycles. The molecule has 1 aliphatic rings. The van der Waals surface area contributed by atoms with E-state index < -0.39 is 0 Å². The molecule has 1 fully saturated rings. The molecule has 0 N–H and O–H groups in total. The van der Waals surface area contributed by atoms with Crippen LogP contribution in [-0.4, -0.2) is 5.78 Å². The Morgan fingerprint density at radius 2 is 1.94 bits per heavy atom. The lowest BCUT2D eigenvalue weighted by atomic mass is 9.94. The van der Waals surface area contributed by atoms with Gasteiger partial charge >= 0.3 is 0 Å². The van der Waals surface area contributed by atoms with Gasteiger partial charge in [0.25, 0.3) is 0 Å². The fourth-order valence-corrected chi connectivity index (χ4v) is 2.87. The molecule has 1 heteroatoms. The second-order valence-electron chi connectivity index (χ2n) is 5.12. The van der Waals surface area contributed by atoms with Gasteiger partial charge in [0.15, 0.2) is 5.78 Å². The fourth-order valence-electron chi connectivity index (χ4n) is 2.87. The molecule has 0 heterocycles. The van der Waals surface area contributed by atoms with Crippen molar-refractivity contribution in [2.45, 2.75) is 51.9 Å². The molecule has 0 radical (unpaired) electrons. The lowest BCUT2D eigenvalue weighted by Crippen LogP contribution is -2.05. The Bertz CT molecular complexity index is 375. The van der Waals surface area contributed by atoms with Gasteiger partial charge in [-0.15, -0.1) is 0 Å². The summed E-state index contributed by atoms with van der Waals surface area (Å²) in [6, 6.07) is 8.05. The minimum atomic E-state index is 0.342. The Hall–Kier alpha value is -1.11. The number of carbonyl (C=O) groups is 1. The van der Waals surface area contributed by atoms with E-state index in [9.17, 15) is 4.79 Å². The molecule has 0 spiro atoms. The maximum absolute atomic E-state index is 12.2. The maximum atomic E-state index is 12.2. The van der Waals surface area contributed by atoms with E-state index in [4.69, 9.17) is 0 Å². The molecule has 0 amide bonds. The van der Waals surface area contributed by atoms with Crippen LogP contribution in [0.5, 0.6) is 0 Å². The molecule has 0 bridgehead atoms. The van der Waals surface area contributed by atoms with Crippen molar-refractivity contribution in [3.63, 3.8) is 0 Å². The monoisotopic (exact) mass is 230 g/mol. The fraction of sp³-hybridized carbons (Fsp3) is 0.562. The van der Waals surface area contributed by atoms with Gasteiger partial charge in [0.05, 0.1) is 0 Å². The molecule has 92 valence electrons. The highest BCUT2D eigenvalue weighted by Gasteiger charge is 2.17. The number of rotatable bonds is 5. The van der Waals surface area contributed by atoms with Crippen LogP contribution in [0.3, 0.4) is 0 Å². The van der Waals surface area contributed by atoms with Gasteiger partial charge in [0.1, 0.15) is 0 Å². The third kappa shape index (κ3) is 3.18. The Balaban J connectivity index is 1.94. The van der Waals surface area contributed by atoms with Gasteiger partial charge in [-0.25, -0.2) is 0 Å². The predicted molar refractivity (Wildman–Crippen MR) is 71.3 cm³/mol. The van der Waals surface area contributed by atoms with Crippen LogP contribution in [0, 0.1) is 5.92 Å². The molecule has 0 aromatic heterocycles. The second-order valence-corrected chi connectivity index (χ2v) is 5.12. The minimum Gasteiger partial charge on any atom is -0.294 e. The van der Waals surface area contributed by atoms with Gasteiger partial charge in [0.2, 0.25) is 0 Å². The summed E-state index contributed by atoms with van der Waals surface area (Å²) in [4.78, 5) is 12.2. The van der Waals surface area contributed by atoms with E-state index in [-0.39, 0.29) is 0 Å². The van der Waals surface area contributed by atoms with E-state index in [0.29, 0.717) is 5.78 Å². The molecule has 1 aromatic rings. The zero-order chi connectivity index (χ0) is 12.1. The number of Topliss-reactive ketones (excluding diaryl/α,β-unsaturated/α-hetero) is 1. The Morgan fingerprint density at radius 1 is 1.24 bits per heavy atom. The highest BCUT2D eigenvalue weighted by molar-refractivity contribution is 5.97. The quantitative estimate of drug-likeness (QED) is 0.685. The molecule has 0 atom stereocenters. The van der Waals surface area contributed by atoms with Crippen LogP contribution in [0.2, 0.25) is 0 Å². The lowest BCUT2D eigenvalue weighted by molar-refractivity contribution is 0.0973. The predicted octanol–water partition coefficient (Wildman–Crippen LogP) is 4.40. The van der Waals surface area contributed by atoms with Crippen molar-refractivity contribution in [1.82, 2.24) is 0 Å². The number of carbonyl (C=O) groups excluding carboxylic acids is 1. The first-order valence-corrected chi connectivity index (χ1v) is 6.92. The van der Waals surface area contributed by atoms with Crippen LogP contribution in [-0.2, 0) is 6.42 Å². The van der Waals surface area contributed by atoms with Crippen LogP contribution >= 0.6 is 0 Å². The van der Waals surface area contributed by atoms with Crippen LogP contribution in [0.4, 0.5) is 0 Å². The smallest absolute Gasteiger partial charge is 0.163 e. The summed E-state index contributed by atoms with van der Waals surface area (Å²) >= 11 is 0. The molecule has 0 unspecified atom stereocenters. The van der Waals surface area contributed by atoms with E-state index in [1.807, 2.05) is 18.2 Å². The molecule has 17 heavy (non-hydrogen) atoms. The third-order valence-corrected chi connectivity index (χ3v) is 3.95. The average Bonchev–Trinajstić information content (AvgIpc) is 2.89. The summed E-state index contributed by atoms with van der Waals surface area (Å²) in [5.74, 6) is 1.15. The van der Waals surface area contributed by atoms with Crippen LogP contribution < -0.4 is 0 Å². The van der Waals surface area contributed by atoms with E-state index in [1.54, 1.807) is 0 Å².